The van der Waals surface area contributed by atoms with Gasteiger partial charge in [-0.15, -0.1) is 0 Å². The van der Waals surface area contributed by atoms with E-state index in [1.165, 1.54) is 25.7 Å². The third-order valence-corrected chi connectivity index (χ3v) is 3.47. The van der Waals surface area contributed by atoms with Gasteiger partial charge in [-0.05, 0) is 37.5 Å². The lowest BCUT2D eigenvalue weighted by atomic mass is 9.68. The summed E-state index contributed by atoms with van der Waals surface area (Å²) in [6.07, 6.45) is 6.87. The van der Waals surface area contributed by atoms with E-state index in [2.05, 4.69) is 0 Å². The van der Waals surface area contributed by atoms with Crippen molar-refractivity contribution >= 4 is 0 Å². The quantitative estimate of drug-likeness (QED) is 0.600. The van der Waals surface area contributed by atoms with Crippen LogP contribution in [0.5, 0.6) is 0 Å². The molecule has 1 atom stereocenters. The van der Waals surface area contributed by atoms with Crippen LogP contribution in [-0.4, -0.2) is 24.4 Å². The average Bonchev–Trinajstić information content (AvgIpc) is 2.05. The van der Waals surface area contributed by atoms with Crippen LogP contribution in [0.25, 0.3) is 0 Å². The standard InChI is InChI=1S/C10H18O2/c11-9-2-1-3-10(8-9)4-6-12-7-5-10/h9,11H,1-8H2. The molecule has 0 aromatic rings. The zero-order valence-corrected chi connectivity index (χ0v) is 7.59. The smallest absolute Gasteiger partial charge is 0.0545 e. The van der Waals surface area contributed by atoms with E-state index in [9.17, 15) is 5.11 Å². The second-order valence-corrected chi connectivity index (χ2v) is 4.36. The molecular weight excluding hydrogens is 152 g/mol. The van der Waals surface area contributed by atoms with E-state index in [1.807, 2.05) is 0 Å². The molecule has 1 spiro atoms. The molecule has 2 aliphatic rings. The van der Waals surface area contributed by atoms with E-state index in [-0.39, 0.29) is 6.10 Å². The highest BCUT2D eigenvalue weighted by molar-refractivity contribution is 4.87. The van der Waals surface area contributed by atoms with E-state index in [0.717, 1.165) is 26.1 Å². The minimum Gasteiger partial charge on any atom is -0.393 e. The lowest BCUT2D eigenvalue weighted by Gasteiger charge is -2.42. The maximum Gasteiger partial charge on any atom is 0.0545 e. The van der Waals surface area contributed by atoms with Gasteiger partial charge in [-0.2, -0.15) is 0 Å². The fraction of sp³-hybridized carbons (Fsp3) is 1.00. The Bertz CT molecular complexity index is 144. The molecule has 1 aliphatic heterocycles. The highest BCUT2D eigenvalue weighted by Crippen LogP contribution is 2.43. The second-order valence-electron chi connectivity index (χ2n) is 4.36. The molecule has 0 radical (unpaired) electrons. The first-order valence-corrected chi connectivity index (χ1v) is 5.07. The Morgan fingerprint density at radius 1 is 1.17 bits per heavy atom. The number of hydrogen-bond donors (Lipinski definition) is 1. The summed E-state index contributed by atoms with van der Waals surface area (Å²) < 4.78 is 5.35. The summed E-state index contributed by atoms with van der Waals surface area (Å²) >= 11 is 0. The van der Waals surface area contributed by atoms with Gasteiger partial charge in [-0.1, -0.05) is 6.42 Å². The summed E-state index contributed by atoms with van der Waals surface area (Å²) in [5.41, 5.74) is 0.454. The number of aliphatic hydroxyl groups excluding tert-OH is 1. The van der Waals surface area contributed by atoms with Crippen LogP contribution in [0.4, 0.5) is 0 Å². The Morgan fingerprint density at radius 2 is 1.92 bits per heavy atom. The van der Waals surface area contributed by atoms with Crippen LogP contribution in [0, 0.1) is 5.41 Å². The van der Waals surface area contributed by atoms with E-state index in [0.29, 0.717) is 5.41 Å². The van der Waals surface area contributed by atoms with Crippen LogP contribution in [0.1, 0.15) is 38.5 Å². The number of ether oxygens (including phenoxy) is 1. The van der Waals surface area contributed by atoms with Crippen molar-refractivity contribution in [2.45, 2.75) is 44.6 Å². The van der Waals surface area contributed by atoms with Gasteiger partial charge in [-0.3, -0.25) is 0 Å². The number of aliphatic hydroxyl groups is 1. The lowest BCUT2D eigenvalue weighted by molar-refractivity contribution is -0.0383. The van der Waals surface area contributed by atoms with Crippen LogP contribution < -0.4 is 0 Å². The summed E-state index contributed by atoms with van der Waals surface area (Å²) in [6.45, 7) is 1.82. The van der Waals surface area contributed by atoms with Crippen molar-refractivity contribution in [3.8, 4) is 0 Å². The van der Waals surface area contributed by atoms with E-state index in [1.54, 1.807) is 0 Å². The average molecular weight is 170 g/mol. The first-order chi connectivity index (χ1) is 5.81. The molecular formula is C10H18O2. The molecule has 1 saturated heterocycles. The van der Waals surface area contributed by atoms with Gasteiger partial charge >= 0.3 is 0 Å². The zero-order valence-electron chi connectivity index (χ0n) is 7.59. The SMILES string of the molecule is OC1CCCC2(CCOCC2)C1. The highest BCUT2D eigenvalue weighted by atomic mass is 16.5. The Hall–Kier alpha value is -0.0800. The Kier molecular flexibility index (Phi) is 2.37. The molecule has 1 unspecified atom stereocenters. The molecule has 1 saturated carbocycles. The van der Waals surface area contributed by atoms with E-state index < -0.39 is 0 Å². The predicted octanol–water partition coefficient (Wildman–Crippen LogP) is 1.72. The first-order valence-electron chi connectivity index (χ1n) is 5.07. The van der Waals surface area contributed by atoms with E-state index in [4.69, 9.17) is 4.74 Å². The van der Waals surface area contributed by atoms with Crippen LogP contribution in [0.15, 0.2) is 0 Å². The summed E-state index contributed by atoms with van der Waals surface area (Å²) in [5, 5.41) is 9.59. The number of hydrogen-bond acceptors (Lipinski definition) is 2. The van der Waals surface area contributed by atoms with Crippen LogP contribution in [0.3, 0.4) is 0 Å². The van der Waals surface area contributed by atoms with Crippen molar-refractivity contribution in [1.29, 1.82) is 0 Å². The fourth-order valence-electron chi connectivity index (χ4n) is 2.68. The fourth-order valence-corrected chi connectivity index (χ4v) is 2.68. The molecule has 1 heterocycles. The van der Waals surface area contributed by atoms with Gasteiger partial charge in [0.05, 0.1) is 6.10 Å². The summed E-state index contributed by atoms with van der Waals surface area (Å²) in [4.78, 5) is 0. The van der Waals surface area contributed by atoms with Gasteiger partial charge in [-0.25, -0.2) is 0 Å². The van der Waals surface area contributed by atoms with Gasteiger partial charge in [0.2, 0.25) is 0 Å². The van der Waals surface area contributed by atoms with Gasteiger partial charge in [0.15, 0.2) is 0 Å². The Morgan fingerprint density at radius 3 is 2.58 bits per heavy atom. The Balaban J connectivity index is 1.97. The van der Waals surface area contributed by atoms with Crippen LogP contribution in [0.2, 0.25) is 0 Å². The zero-order chi connectivity index (χ0) is 8.44. The summed E-state index contributed by atoms with van der Waals surface area (Å²) in [7, 11) is 0. The van der Waals surface area contributed by atoms with Crippen LogP contribution in [-0.2, 0) is 4.74 Å². The normalized spacial score (nSPS) is 35.2. The number of rotatable bonds is 0. The molecule has 2 rings (SSSR count). The highest BCUT2D eigenvalue weighted by Gasteiger charge is 2.36. The molecule has 0 amide bonds. The van der Waals surface area contributed by atoms with Gasteiger partial charge < -0.3 is 9.84 Å². The minimum absolute atomic E-state index is 0.0307. The van der Waals surface area contributed by atoms with E-state index >= 15 is 0 Å². The molecule has 2 fully saturated rings. The summed E-state index contributed by atoms with van der Waals surface area (Å²) in [6, 6.07) is 0. The van der Waals surface area contributed by atoms with Crippen molar-refractivity contribution in [3.05, 3.63) is 0 Å². The molecule has 2 nitrogen and oxygen atoms in total. The summed E-state index contributed by atoms with van der Waals surface area (Å²) in [5.74, 6) is 0. The second kappa shape index (κ2) is 3.35. The first kappa shape index (κ1) is 8.52. The van der Waals surface area contributed by atoms with Crippen molar-refractivity contribution in [2.24, 2.45) is 5.41 Å². The van der Waals surface area contributed by atoms with Gasteiger partial charge in [0, 0.05) is 13.2 Å². The molecule has 0 aromatic carbocycles. The Labute approximate surface area is 73.9 Å². The molecule has 1 aliphatic carbocycles. The predicted molar refractivity (Wildman–Crippen MR) is 47.0 cm³/mol. The van der Waals surface area contributed by atoms with Gasteiger partial charge in [0.25, 0.3) is 0 Å². The largest absolute Gasteiger partial charge is 0.393 e. The van der Waals surface area contributed by atoms with Crippen molar-refractivity contribution in [1.82, 2.24) is 0 Å². The third-order valence-electron chi connectivity index (χ3n) is 3.47. The third kappa shape index (κ3) is 1.64. The van der Waals surface area contributed by atoms with Crippen molar-refractivity contribution in [3.63, 3.8) is 0 Å². The maximum absolute atomic E-state index is 9.59. The van der Waals surface area contributed by atoms with Crippen molar-refractivity contribution < 1.29 is 9.84 Å². The van der Waals surface area contributed by atoms with Crippen molar-refractivity contribution in [2.75, 3.05) is 13.2 Å². The molecule has 12 heavy (non-hydrogen) atoms. The van der Waals surface area contributed by atoms with Gasteiger partial charge in [0.1, 0.15) is 0 Å². The maximum atomic E-state index is 9.59. The molecule has 1 N–H and O–H groups in total. The monoisotopic (exact) mass is 170 g/mol. The topological polar surface area (TPSA) is 29.5 Å². The lowest BCUT2D eigenvalue weighted by Crippen LogP contribution is -2.36. The molecule has 0 bridgehead atoms. The molecule has 70 valence electrons. The minimum atomic E-state index is -0.0307. The molecule has 2 heteroatoms. The van der Waals surface area contributed by atoms with Crippen LogP contribution >= 0.6 is 0 Å². The molecule has 0 aromatic heterocycles.